The molecule has 0 saturated heterocycles. The van der Waals surface area contributed by atoms with Gasteiger partial charge in [-0.25, -0.2) is 0 Å². The Morgan fingerprint density at radius 2 is 2.05 bits per heavy atom. The van der Waals surface area contributed by atoms with Crippen LogP contribution in [0.25, 0.3) is 0 Å². The third-order valence-electron chi connectivity index (χ3n) is 3.00. The fourth-order valence-corrected chi connectivity index (χ4v) is 1.99. The Morgan fingerprint density at radius 1 is 1.37 bits per heavy atom. The van der Waals surface area contributed by atoms with Crippen molar-refractivity contribution in [1.29, 1.82) is 0 Å². The summed E-state index contributed by atoms with van der Waals surface area (Å²) in [5.74, 6) is 0.00522. The number of methoxy groups -OCH3 is 1. The van der Waals surface area contributed by atoms with E-state index >= 15 is 0 Å². The van der Waals surface area contributed by atoms with Crippen molar-refractivity contribution in [2.45, 2.75) is 19.9 Å². The normalized spacial score (nSPS) is 12.2. The highest BCUT2D eigenvalue weighted by atomic mass is 16.5. The van der Waals surface area contributed by atoms with E-state index in [1.165, 1.54) is 0 Å². The van der Waals surface area contributed by atoms with Crippen LogP contribution in [-0.2, 0) is 16.1 Å². The molecule has 4 heteroatoms. The molecular weight excluding hydrogens is 240 g/mol. The Kier molecular flexibility index (Phi) is 7.15. The summed E-state index contributed by atoms with van der Waals surface area (Å²) in [5.41, 5.74) is 6.68. The first-order valence-corrected chi connectivity index (χ1v) is 6.70. The van der Waals surface area contributed by atoms with Gasteiger partial charge in [0.15, 0.2) is 0 Å². The van der Waals surface area contributed by atoms with Crippen molar-refractivity contribution in [3.8, 4) is 0 Å². The van der Waals surface area contributed by atoms with Crippen LogP contribution in [0.1, 0.15) is 18.9 Å². The fourth-order valence-electron chi connectivity index (χ4n) is 1.99. The van der Waals surface area contributed by atoms with Crippen LogP contribution in [0.4, 0.5) is 0 Å². The van der Waals surface area contributed by atoms with Gasteiger partial charge in [-0.2, -0.15) is 0 Å². The lowest BCUT2D eigenvalue weighted by Crippen LogP contribution is -2.37. The Bertz CT molecular complexity index is 368. The second-order valence-corrected chi connectivity index (χ2v) is 4.74. The molecule has 1 atom stereocenters. The molecule has 0 bridgehead atoms. The molecule has 0 aliphatic heterocycles. The summed E-state index contributed by atoms with van der Waals surface area (Å²) in [6.07, 6.45) is 0.818. The fraction of sp³-hybridized carbons (Fsp3) is 0.533. The number of ether oxygens (including phenoxy) is 1. The molecule has 0 aliphatic rings. The number of nitrogens with two attached hydrogens (primary N) is 1. The molecule has 106 valence electrons. The van der Waals surface area contributed by atoms with Gasteiger partial charge in [-0.1, -0.05) is 37.3 Å². The SMILES string of the molecule is COCC(C)C(=O)N(CCCN)Cc1ccccc1. The van der Waals surface area contributed by atoms with Crippen molar-refractivity contribution in [2.24, 2.45) is 11.7 Å². The van der Waals surface area contributed by atoms with Gasteiger partial charge in [0, 0.05) is 20.2 Å². The van der Waals surface area contributed by atoms with Crippen molar-refractivity contribution in [1.82, 2.24) is 4.90 Å². The maximum absolute atomic E-state index is 12.3. The molecule has 1 rings (SSSR count). The predicted octanol–water partition coefficient (Wildman–Crippen LogP) is 1.65. The average molecular weight is 264 g/mol. The highest BCUT2D eigenvalue weighted by Gasteiger charge is 2.20. The van der Waals surface area contributed by atoms with E-state index in [9.17, 15) is 4.79 Å². The summed E-state index contributed by atoms with van der Waals surface area (Å²) in [4.78, 5) is 14.2. The summed E-state index contributed by atoms with van der Waals surface area (Å²) in [6.45, 7) is 4.27. The van der Waals surface area contributed by atoms with Gasteiger partial charge in [0.25, 0.3) is 0 Å². The molecule has 0 saturated carbocycles. The molecule has 19 heavy (non-hydrogen) atoms. The maximum Gasteiger partial charge on any atom is 0.228 e. The molecule has 0 heterocycles. The van der Waals surface area contributed by atoms with E-state index in [1.807, 2.05) is 42.2 Å². The van der Waals surface area contributed by atoms with E-state index in [1.54, 1.807) is 7.11 Å². The van der Waals surface area contributed by atoms with Gasteiger partial charge in [0.1, 0.15) is 0 Å². The number of carbonyl (C=O) groups excluding carboxylic acids is 1. The molecule has 0 spiro atoms. The first-order chi connectivity index (χ1) is 9.19. The molecular formula is C15H24N2O2. The smallest absolute Gasteiger partial charge is 0.228 e. The summed E-state index contributed by atoms with van der Waals surface area (Å²) in [7, 11) is 1.62. The lowest BCUT2D eigenvalue weighted by Gasteiger charge is -2.25. The zero-order chi connectivity index (χ0) is 14.1. The van der Waals surface area contributed by atoms with Crippen LogP contribution in [0.3, 0.4) is 0 Å². The van der Waals surface area contributed by atoms with Gasteiger partial charge in [0.2, 0.25) is 5.91 Å². The minimum absolute atomic E-state index is 0.119. The summed E-state index contributed by atoms with van der Waals surface area (Å²) in [6, 6.07) is 10.0. The van der Waals surface area contributed by atoms with Crippen LogP contribution in [0, 0.1) is 5.92 Å². The number of rotatable bonds is 8. The lowest BCUT2D eigenvalue weighted by atomic mass is 10.1. The van der Waals surface area contributed by atoms with Crippen LogP contribution in [-0.4, -0.2) is 37.6 Å². The molecule has 0 aromatic heterocycles. The van der Waals surface area contributed by atoms with Crippen molar-refractivity contribution in [3.05, 3.63) is 35.9 Å². The summed E-state index contributed by atoms with van der Waals surface area (Å²) in [5, 5.41) is 0. The Hall–Kier alpha value is -1.39. The van der Waals surface area contributed by atoms with E-state index < -0.39 is 0 Å². The van der Waals surface area contributed by atoms with Crippen molar-refractivity contribution < 1.29 is 9.53 Å². The number of hydrogen-bond donors (Lipinski definition) is 1. The molecule has 1 aromatic rings. The van der Waals surface area contributed by atoms with Gasteiger partial charge in [0.05, 0.1) is 12.5 Å². The molecule has 2 N–H and O–H groups in total. The van der Waals surface area contributed by atoms with E-state index in [0.29, 0.717) is 26.2 Å². The molecule has 0 aliphatic carbocycles. The monoisotopic (exact) mass is 264 g/mol. The lowest BCUT2D eigenvalue weighted by molar-refractivity contribution is -0.137. The first kappa shape index (κ1) is 15.7. The van der Waals surface area contributed by atoms with Crippen molar-refractivity contribution in [2.75, 3.05) is 26.8 Å². The minimum Gasteiger partial charge on any atom is -0.384 e. The summed E-state index contributed by atoms with van der Waals surface area (Å²) >= 11 is 0. The number of carbonyl (C=O) groups is 1. The standard InChI is InChI=1S/C15H24N2O2/c1-13(12-19-2)15(18)17(10-6-9-16)11-14-7-4-3-5-8-14/h3-5,7-8,13H,6,9-12,16H2,1-2H3. The van der Waals surface area contributed by atoms with Crippen molar-refractivity contribution in [3.63, 3.8) is 0 Å². The van der Waals surface area contributed by atoms with Crippen LogP contribution >= 0.6 is 0 Å². The molecule has 1 aromatic carbocycles. The van der Waals surface area contributed by atoms with Gasteiger partial charge in [-0.05, 0) is 18.5 Å². The molecule has 1 amide bonds. The van der Waals surface area contributed by atoms with Gasteiger partial charge < -0.3 is 15.4 Å². The Morgan fingerprint density at radius 3 is 2.63 bits per heavy atom. The first-order valence-electron chi connectivity index (χ1n) is 6.70. The third kappa shape index (κ3) is 5.41. The van der Waals surface area contributed by atoms with Crippen LogP contribution in [0.15, 0.2) is 30.3 Å². The Labute approximate surface area is 115 Å². The number of nitrogens with zero attached hydrogens (tertiary/aromatic N) is 1. The van der Waals surface area contributed by atoms with E-state index in [2.05, 4.69) is 0 Å². The van der Waals surface area contributed by atoms with Gasteiger partial charge >= 0.3 is 0 Å². The predicted molar refractivity (Wildman–Crippen MR) is 76.6 cm³/mol. The van der Waals surface area contributed by atoms with Crippen LogP contribution < -0.4 is 5.73 Å². The molecule has 4 nitrogen and oxygen atoms in total. The van der Waals surface area contributed by atoms with E-state index in [-0.39, 0.29) is 11.8 Å². The van der Waals surface area contributed by atoms with Crippen LogP contribution in [0.5, 0.6) is 0 Å². The minimum atomic E-state index is -0.119. The second kappa shape index (κ2) is 8.67. The number of amides is 1. The largest absolute Gasteiger partial charge is 0.384 e. The molecule has 0 radical (unpaired) electrons. The number of benzene rings is 1. The highest BCUT2D eigenvalue weighted by molar-refractivity contribution is 5.78. The zero-order valence-corrected chi connectivity index (χ0v) is 11.8. The third-order valence-corrected chi connectivity index (χ3v) is 3.00. The maximum atomic E-state index is 12.3. The zero-order valence-electron chi connectivity index (χ0n) is 11.8. The van der Waals surface area contributed by atoms with Gasteiger partial charge in [-0.3, -0.25) is 4.79 Å². The van der Waals surface area contributed by atoms with Gasteiger partial charge in [-0.15, -0.1) is 0 Å². The van der Waals surface area contributed by atoms with Crippen molar-refractivity contribution >= 4 is 5.91 Å². The van der Waals surface area contributed by atoms with Crippen LogP contribution in [0.2, 0.25) is 0 Å². The molecule has 1 unspecified atom stereocenters. The number of hydrogen-bond acceptors (Lipinski definition) is 3. The quantitative estimate of drug-likeness (QED) is 0.776. The summed E-state index contributed by atoms with van der Waals surface area (Å²) < 4.78 is 5.06. The highest BCUT2D eigenvalue weighted by Crippen LogP contribution is 2.10. The van der Waals surface area contributed by atoms with E-state index in [0.717, 1.165) is 12.0 Å². The topological polar surface area (TPSA) is 55.6 Å². The average Bonchev–Trinajstić information content (AvgIpc) is 2.44. The van der Waals surface area contributed by atoms with E-state index in [4.69, 9.17) is 10.5 Å². The molecule has 0 fully saturated rings. The second-order valence-electron chi connectivity index (χ2n) is 4.74. The Balaban J connectivity index is 2.68.